The number of nitrogens with one attached hydrogen (secondary N) is 1. The normalized spacial score (nSPS) is 17.2. The van der Waals surface area contributed by atoms with Gasteiger partial charge in [0.25, 0.3) is 0 Å². The molecule has 8 heteroatoms. The van der Waals surface area contributed by atoms with Crippen LogP contribution in [0.5, 0.6) is 5.75 Å². The second kappa shape index (κ2) is 6.64. The Kier molecular flexibility index (Phi) is 5.05. The van der Waals surface area contributed by atoms with Gasteiger partial charge in [0.2, 0.25) is 15.9 Å². The molecule has 0 radical (unpaired) electrons. The van der Waals surface area contributed by atoms with Gasteiger partial charge in [-0.2, -0.15) is 4.31 Å². The zero-order chi connectivity index (χ0) is 16.3. The molecule has 1 aromatic rings. The molecule has 1 aromatic carbocycles. The molecule has 2 rings (SSSR count). The summed E-state index contributed by atoms with van der Waals surface area (Å²) < 4.78 is 32.3. The Morgan fingerprint density at radius 2 is 1.86 bits per heavy atom. The van der Waals surface area contributed by atoms with Crippen molar-refractivity contribution < 1.29 is 17.9 Å². The number of likely N-dealkylation sites (N-methyl/N-ethyl adjacent to an activating group) is 1. The molecule has 0 spiro atoms. The summed E-state index contributed by atoms with van der Waals surface area (Å²) in [7, 11) is -0.269. The molecule has 1 fully saturated rings. The van der Waals surface area contributed by atoms with Crippen LogP contribution in [0, 0.1) is 0 Å². The van der Waals surface area contributed by atoms with Gasteiger partial charge in [-0.15, -0.1) is 0 Å². The lowest BCUT2D eigenvalue weighted by Crippen LogP contribution is -2.47. The first-order valence-electron chi connectivity index (χ1n) is 6.99. The van der Waals surface area contributed by atoms with Crippen LogP contribution < -0.4 is 10.1 Å². The number of amides is 1. The molecule has 0 aromatic heterocycles. The third kappa shape index (κ3) is 3.57. The van der Waals surface area contributed by atoms with E-state index in [0.717, 1.165) is 0 Å². The van der Waals surface area contributed by atoms with Crippen molar-refractivity contribution in [2.24, 2.45) is 0 Å². The van der Waals surface area contributed by atoms with Crippen LogP contribution in [0.3, 0.4) is 0 Å². The van der Waals surface area contributed by atoms with Crippen molar-refractivity contribution in [3.05, 3.63) is 18.2 Å². The highest BCUT2D eigenvalue weighted by molar-refractivity contribution is 7.89. The summed E-state index contributed by atoms with van der Waals surface area (Å²) in [5.41, 5.74) is 0.431. The van der Waals surface area contributed by atoms with Gasteiger partial charge in [-0.1, -0.05) is 0 Å². The maximum absolute atomic E-state index is 12.8. The Labute approximate surface area is 130 Å². The summed E-state index contributed by atoms with van der Waals surface area (Å²) in [6.07, 6.45) is 0. The van der Waals surface area contributed by atoms with Gasteiger partial charge >= 0.3 is 0 Å². The molecule has 1 amide bonds. The van der Waals surface area contributed by atoms with Crippen molar-refractivity contribution in [3.8, 4) is 5.75 Å². The molecular formula is C14H21N3O4S. The molecule has 1 heterocycles. The minimum atomic E-state index is -3.66. The van der Waals surface area contributed by atoms with Gasteiger partial charge in [0.15, 0.2) is 0 Å². The van der Waals surface area contributed by atoms with Gasteiger partial charge in [0.1, 0.15) is 10.6 Å². The second-order valence-corrected chi connectivity index (χ2v) is 7.16. The number of carbonyl (C=O) groups is 1. The predicted molar refractivity (Wildman–Crippen MR) is 83.6 cm³/mol. The summed E-state index contributed by atoms with van der Waals surface area (Å²) in [6, 6.07) is 4.60. The fourth-order valence-electron chi connectivity index (χ4n) is 2.33. The lowest BCUT2D eigenvalue weighted by atomic mass is 10.3. The van der Waals surface area contributed by atoms with E-state index in [2.05, 4.69) is 10.2 Å². The van der Waals surface area contributed by atoms with Crippen LogP contribution in [0.25, 0.3) is 0 Å². The first-order chi connectivity index (χ1) is 10.3. The van der Waals surface area contributed by atoms with Crippen molar-refractivity contribution in [1.29, 1.82) is 0 Å². The van der Waals surface area contributed by atoms with Crippen LogP contribution in [0.1, 0.15) is 6.92 Å². The average molecular weight is 327 g/mol. The van der Waals surface area contributed by atoms with E-state index in [4.69, 9.17) is 4.74 Å². The van der Waals surface area contributed by atoms with Gasteiger partial charge in [-0.25, -0.2) is 8.42 Å². The van der Waals surface area contributed by atoms with Gasteiger partial charge in [-0.05, 0) is 25.2 Å². The molecule has 1 aliphatic rings. The standard InChI is InChI=1S/C14H21N3O4S/c1-11(18)15-12-4-5-13(21-3)14(10-12)22(19,20)17-8-6-16(2)7-9-17/h4-5,10H,6-9H2,1-3H3,(H,15,18). The highest BCUT2D eigenvalue weighted by Gasteiger charge is 2.30. The summed E-state index contributed by atoms with van der Waals surface area (Å²) in [6.45, 7) is 3.62. The van der Waals surface area contributed by atoms with Crippen molar-refractivity contribution in [3.63, 3.8) is 0 Å². The second-order valence-electron chi connectivity index (χ2n) is 5.25. The molecule has 22 heavy (non-hydrogen) atoms. The number of methoxy groups -OCH3 is 1. The number of sulfonamides is 1. The Bertz CT molecular complexity index is 652. The lowest BCUT2D eigenvalue weighted by molar-refractivity contribution is -0.114. The van der Waals surface area contributed by atoms with E-state index < -0.39 is 10.0 Å². The summed E-state index contributed by atoms with van der Waals surface area (Å²) in [5.74, 6) is 0.0149. The zero-order valence-electron chi connectivity index (χ0n) is 13.0. The summed E-state index contributed by atoms with van der Waals surface area (Å²) >= 11 is 0. The van der Waals surface area contributed by atoms with Gasteiger partial charge < -0.3 is 15.0 Å². The molecule has 122 valence electrons. The van der Waals surface area contributed by atoms with E-state index in [1.54, 1.807) is 12.1 Å². The number of nitrogens with zero attached hydrogens (tertiary/aromatic N) is 2. The van der Waals surface area contributed by atoms with Gasteiger partial charge in [-0.3, -0.25) is 4.79 Å². The SMILES string of the molecule is COc1ccc(NC(C)=O)cc1S(=O)(=O)N1CCN(C)CC1. The molecule has 0 atom stereocenters. The summed E-state index contributed by atoms with van der Waals surface area (Å²) in [5, 5.41) is 2.59. The van der Waals surface area contributed by atoms with Crippen molar-refractivity contribution in [1.82, 2.24) is 9.21 Å². The maximum atomic E-state index is 12.8. The number of piperazine rings is 1. The molecule has 7 nitrogen and oxygen atoms in total. The first-order valence-corrected chi connectivity index (χ1v) is 8.43. The molecule has 1 aliphatic heterocycles. The minimum Gasteiger partial charge on any atom is -0.495 e. The number of carbonyl (C=O) groups excluding carboxylic acids is 1. The van der Waals surface area contributed by atoms with Crippen LogP contribution >= 0.6 is 0 Å². The van der Waals surface area contributed by atoms with Crippen molar-refractivity contribution >= 4 is 21.6 Å². The Hall–Kier alpha value is -1.64. The Balaban J connectivity index is 2.37. The molecule has 1 N–H and O–H groups in total. The van der Waals surface area contributed by atoms with Crippen LogP contribution in [0.4, 0.5) is 5.69 Å². The average Bonchev–Trinajstić information content (AvgIpc) is 2.47. The molecule has 0 unspecified atom stereocenters. The highest BCUT2D eigenvalue weighted by atomic mass is 32.2. The van der Waals surface area contributed by atoms with Gasteiger partial charge in [0.05, 0.1) is 7.11 Å². The van der Waals surface area contributed by atoms with Crippen LogP contribution in [-0.2, 0) is 14.8 Å². The van der Waals surface area contributed by atoms with E-state index in [9.17, 15) is 13.2 Å². The first kappa shape index (κ1) is 16.7. The number of benzene rings is 1. The number of ether oxygens (including phenoxy) is 1. The number of hydrogen-bond acceptors (Lipinski definition) is 5. The van der Waals surface area contributed by atoms with E-state index in [-0.39, 0.29) is 16.6 Å². The maximum Gasteiger partial charge on any atom is 0.246 e. The fraction of sp³-hybridized carbons (Fsp3) is 0.500. The highest BCUT2D eigenvalue weighted by Crippen LogP contribution is 2.30. The largest absolute Gasteiger partial charge is 0.495 e. The zero-order valence-corrected chi connectivity index (χ0v) is 13.8. The smallest absolute Gasteiger partial charge is 0.246 e. The molecule has 0 bridgehead atoms. The fourth-order valence-corrected chi connectivity index (χ4v) is 3.93. The number of anilines is 1. The van der Waals surface area contributed by atoms with E-state index >= 15 is 0 Å². The predicted octanol–water partition coefficient (Wildman–Crippen LogP) is 0.590. The van der Waals surface area contributed by atoms with E-state index in [1.165, 1.54) is 24.4 Å². The monoisotopic (exact) mass is 327 g/mol. The van der Waals surface area contributed by atoms with Crippen LogP contribution in [0.2, 0.25) is 0 Å². The van der Waals surface area contributed by atoms with Crippen molar-refractivity contribution in [2.75, 3.05) is 45.7 Å². The van der Waals surface area contributed by atoms with E-state index in [1.807, 2.05) is 7.05 Å². The number of rotatable bonds is 4. The summed E-state index contributed by atoms with van der Waals surface area (Å²) in [4.78, 5) is 13.3. The molecule has 0 saturated carbocycles. The lowest BCUT2D eigenvalue weighted by Gasteiger charge is -2.31. The third-order valence-electron chi connectivity index (χ3n) is 3.56. The Morgan fingerprint density at radius 1 is 1.23 bits per heavy atom. The number of hydrogen-bond donors (Lipinski definition) is 1. The van der Waals surface area contributed by atoms with Crippen LogP contribution in [0.15, 0.2) is 23.1 Å². The van der Waals surface area contributed by atoms with E-state index in [0.29, 0.717) is 31.9 Å². The Morgan fingerprint density at radius 3 is 2.41 bits per heavy atom. The molecule has 0 aliphatic carbocycles. The van der Waals surface area contributed by atoms with Crippen LogP contribution in [-0.4, -0.2) is 63.9 Å². The minimum absolute atomic E-state index is 0.0748. The topological polar surface area (TPSA) is 78.9 Å². The third-order valence-corrected chi connectivity index (χ3v) is 5.48. The van der Waals surface area contributed by atoms with Crippen molar-refractivity contribution in [2.45, 2.75) is 11.8 Å². The van der Waals surface area contributed by atoms with Gasteiger partial charge in [0, 0.05) is 38.8 Å². The molecule has 1 saturated heterocycles. The molecular weight excluding hydrogens is 306 g/mol. The quantitative estimate of drug-likeness (QED) is 0.876.